The molecule has 2 rings (SSSR count). The number of alkyl halides is 4. The molecule has 0 saturated heterocycles. The Hall–Kier alpha value is -0.730. The van der Waals surface area contributed by atoms with Gasteiger partial charge in [-0.3, -0.25) is 4.79 Å². The van der Waals surface area contributed by atoms with Gasteiger partial charge in [0, 0.05) is 11.1 Å². The van der Waals surface area contributed by atoms with Crippen molar-refractivity contribution in [3.8, 4) is 0 Å². The van der Waals surface area contributed by atoms with E-state index in [1.807, 2.05) is 0 Å². The van der Waals surface area contributed by atoms with Gasteiger partial charge in [0.05, 0.1) is 0 Å². The van der Waals surface area contributed by atoms with Crippen molar-refractivity contribution >= 4 is 52.2 Å². The molecule has 2 aromatic rings. The van der Waals surface area contributed by atoms with Gasteiger partial charge in [-0.05, 0) is 11.1 Å². The normalized spacial score (nSPS) is 11.1. The van der Waals surface area contributed by atoms with E-state index in [0.29, 0.717) is 11.1 Å². The van der Waals surface area contributed by atoms with Gasteiger partial charge in [0.1, 0.15) is 9.67 Å². The number of hydrogen-bond acceptors (Lipinski definition) is 1. The summed E-state index contributed by atoms with van der Waals surface area (Å²) in [5, 5.41) is 0. The molecule has 0 radical (unpaired) electrons. The molecule has 1 nitrogen and oxygen atoms in total. The molecule has 0 saturated carbocycles. The molecule has 0 bridgehead atoms. The van der Waals surface area contributed by atoms with E-state index in [1.165, 1.54) is 0 Å². The van der Waals surface area contributed by atoms with Crippen molar-refractivity contribution in [3.63, 3.8) is 0 Å². The third-order valence-corrected chi connectivity index (χ3v) is 3.86. The number of carbonyl (C=O) groups is 1. The average Bonchev–Trinajstić information content (AvgIpc) is 2.46. The Morgan fingerprint density at radius 3 is 1.20 bits per heavy atom. The quantitative estimate of drug-likeness (QED) is 0.499. The predicted octanol–water partition coefficient (Wildman–Crippen LogP) is 5.87. The number of benzene rings is 2. The fourth-order valence-electron chi connectivity index (χ4n) is 1.73. The molecule has 0 unspecified atom stereocenters. The fourth-order valence-corrected chi connectivity index (χ4v) is 2.31. The van der Waals surface area contributed by atoms with Gasteiger partial charge in [-0.2, -0.15) is 0 Å². The van der Waals surface area contributed by atoms with Gasteiger partial charge in [0.2, 0.25) is 0 Å². The Morgan fingerprint density at radius 1 is 0.650 bits per heavy atom. The highest BCUT2D eigenvalue weighted by molar-refractivity contribution is 6.44. The summed E-state index contributed by atoms with van der Waals surface area (Å²) < 4.78 is 0. The van der Waals surface area contributed by atoms with Crippen LogP contribution < -0.4 is 0 Å². The predicted molar refractivity (Wildman–Crippen MR) is 85.2 cm³/mol. The molecule has 0 aliphatic carbocycles. The molecule has 0 aliphatic rings. The Morgan fingerprint density at radius 2 is 0.950 bits per heavy atom. The van der Waals surface area contributed by atoms with Crippen LogP contribution in [0.5, 0.6) is 0 Å². The van der Waals surface area contributed by atoms with Crippen molar-refractivity contribution in [2.45, 2.75) is 9.67 Å². The largest absolute Gasteiger partial charge is 0.289 e. The molecule has 0 N–H and O–H groups in total. The number of halogens is 4. The maximum absolute atomic E-state index is 12.3. The van der Waals surface area contributed by atoms with E-state index >= 15 is 0 Å². The van der Waals surface area contributed by atoms with Crippen LogP contribution in [0.2, 0.25) is 0 Å². The van der Waals surface area contributed by atoms with Crippen LogP contribution in [0.3, 0.4) is 0 Å². The molecule has 0 aliphatic heterocycles. The van der Waals surface area contributed by atoms with E-state index in [2.05, 4.69) is 0 Å². The lowest BCUT2D eigenvalue weighted by Crippen LogP contribution is -2.01. The van der Waals surface area contributed by atoms with Gasteiger partial charge in [0.15, 0.2) is 5.78 Å². The molecule has 20 heavy (non-hydrogen) atoms. The molecule has 0 aromatic heterocycles. The Labute approximate surface area is 137 Å². The Kier molecular flexibility index (Phi) is 5.34. The summed E-state index contributed by atoms with van der Waals surface area (Å²) in [6.07, 6.45) is 0. The first kappa shape index (κ1) is 15.7. The zero-order chi connectivity index (χ0) is 14.7. The van der Waals surface area contributed by atoms with E-state index in [9.17, 15) is 4.79 Å². The van der Waals surface area contributed by atoms with Crippen molar-refractivity contribution in [1.82, 2.24) is 0 Å². The highest BCUT2D eigenvalue weighted by Crippen LogP contribution is 2.26. The van der Waals surface area contributed by atoms with Crippen LogP contribution >= 0.6 is 46.4 Å². The van der Waals surface area contributed by atoms with E-state index in [4.69, 9.17) is 46.4 Å². The first-order chi connectivity index (χ1) is 9.49. The second-order valence-electron chi connectivity index (χ2n) is 4.17. The van der Waals surface area contributed by atoms with Crippen molar-refractivity contribution in [3.05, 3.63) is 70.8 Å². The van der Waals surface area contributed by atoms with Crippen LogP contribution in [0.25, 0.3) is 0 Å². The lowest BCUT2D eigenvalue weighted by molar-refractivity contribution is 0.103. The lowest BCUT2D eigenvalue weighted by atomic mass is 10.0. The molecular weight excluding hydrogens is 338 g/mol. The third kappa shape index (κ3) is 3.67. The highest BCUT2D eigenvalue weighted by Gasteiger charge is 2.11. The fraction of sp³-hybridized carbons (Fsp3) is 0.133. The van der Waals surface area contributed by atoms with Crippen molar-refractivity contribution < 1.29 is 4.79 Å². The zero-order valence-electron chi connectivity index (χ0n) is 10.2. The maximum Gasteiger partial charge on any atom is 0.193 e. The second kappa shape index (κ2) is 6.82. The number of rotatable bonds is 4. The molecule has 2 aromatic carbocycles. The van der Waals surface area contributed by atoms with E-state index in [-0.39, 0.29) is 5.78 Å². The van der Waals surface area contributed by atoms with Crippen LogP contribution in [0, 0.1) is 0 Å². The van der Waals surface area contributed by atoms with E-state index < -0.39 is 9.67 Å². The van der Waals surface area contributed by atoms with Crippen LogP contribution in [0.15, 0.2) is 48.5 Å². The van der Waals surface area contributed by atoms with E-state index in [1.54, 1.807) is 48.5 Å². The molecule has 5 heteroatoms. The van der Waals surface area contributed by atoms with Crippen LogP contribution in [0.1, 0.15) is 36.7 Å². The first-order valence-electron chi connectivity index (χ1n) is 5.80. The van der Waals surface area contributed by atoms with Gasteiger partial charge >= 0.3 is 0 Å². The summed E-state index contributed by atoms with van der Waals surface area (Å²) in [4.78, 5) is 11.1. The van der Waals surface area contributed by atoms with Crippen molar-refractivity contribution in [2.75, 3.05) is 0 Å². The Bertz CT molecular complexity index is 535. The smallest absolute Gasteiger partial charge is 0.193 e. The summed E-state index contributed by atoms with van der Waals surface area (Å²) in [6, 6.07) is 13.8. The molecule has 0 heterocycles. The minimum Gasteiger partial charge on any atom is -0.289 e. The van der Waals surface area contributed by atoms with Gasteiger partial charge in [-0.25, -0.2) is 0 Å². The summed E-state index contributed by atoms with van der Waals surface area (Å²) in [7, 11) is 0. The molecule has 0 atom stereocenters. The topological polar surface area (TPSA) is 17.1 Å². The van der Waals surface area contributed by atoms with E-state index in [0.717, 1.165) is 11.1 Å². The first-order valence-corrected chi connectivity index (χ1v) is 7.54. The average molecular weight is 348 g/mol. The van der Waals surface area contributed by atoms with Crippen LogP contribution in [0.4, 0.5) is 0 Å². The van der Waals surface area contributed by atoms with Crippen molar-refractivity contribution in [1.29, 1.82) is 0 Å². The summed E-state index contributed by atoms with van der Waals surface area (Å²) in [5.74, 6) is -0.0792. The standard InChI is InChI=1S/C15H10Cl4O/c16-14(17)11-5-1-9(2-6-11)13(20)10-3-7-12(8-4-10)15(18)19/h1-8,14-15H. The van der Waals surface area contributed by atoms with Crippen LogP contribution in [-0.4, -0.2) is 5.78 Å². The molecule has 0 fully saturated rings. The number of hydrogen-bond donors (Lipinski definition) is 0. The maximum atomic E-state index is 12.3. The van der Waals surface area contributed by atoms with Crippen molar-refractivity contribution in [2.24, 2.45) is 0 Å². The molecule has 0 amide bonds. The SMILES string of the molecule is O=C(c1ccc(C(Cl)Cl)cc1)c1ccc(C(Cl)Cl)cc1. The summed E-state index contributed by atoms with van der Waals surface area (Å²) in [5.41, 5.74) is 2.66. The molecular formula is C15H10Cl4O. The van der Waals surface area contributed by atoms with Crippen LogP contribution in [-0.2, 0) is 0 Å². The zero-order valence-corrected chi connectivity index (χ0v) is 13.2. The monoisotopic (exact) mass is 346 g/mol. The Balaban J connectivity index is 2.22. The number of carbonyl (C=O) groups excluding carboxylic acids is 1. The lowest BCUT2D eigenvalue weighted by Gasteiger charge is -2.06. The van der Waals surface area contributed by atoms with Gasteiger partial charge < -0.3 is 0 Å². The second-order valence-corrected chi connectivity index (χ2v) is 6.37. The number of ketones is 1. The minimum atomic E-state index is -0.595. The van der Waals surface area contributed by atoms with Gasteiger partial charge in [-0.1, -0.05) is 48.5 Å². The molecule has 104 valence electrons. The van der Waals surface area contributed by atoms with Gasteiger partial charge in [-0.15, -0.1) is 46.4 Å². The van der Waals surface area contributed by atoms with Gasteiger partial charge in [0.25, 0.3) is 0 Å². The minimum absolute atomic E-state index is 0.0792. The highest BCUT2D eigenvalue weighted by atomic mass is 35.5. The summed E-state index contributed by atoms with van der Waals surface area (Å²) in [6.45, 7) is 0. The molecule has 0 spiro atoms. The third-order valence-electron chi connectivity index (χ3n) is 2.85. The summed E-state index contributed by atoms with van der Waals surface area (Å²) >= 11 is 23.0.